The summed E-state index contributed by atoms with van der Waals surface area (Å²) in [6, 6.07) is 3.07. The number of hydrogen-bond acceptors (Lipinski definition) is 4. The molecule has 2 heterocycles. The Morgan fingerprint density at radius 3 is 2.67 bits per heavy atom. The minimum absolute atomic E-state index is 0.00762. The van der Waals surface area contributed by atoms with Gasteiger partial charge >= 0.3 is 6.03 Å². The molecule has 1 aromatic rings. The molecule has 2 aliphatic rings. The molecule has 0 bridgehead atoms. The van der Waals surface area contributed by atoms with Crippen LogP contribution in [-0.2, 0) is 9.59 Å². The van der Waals surface area contributed by atoms with E-state index >= 15 is 0 Å². The number of hydrogen-bond donors (Lipinski definition) is 3. The lowest BCUT2D eigenvalue weighted by Crippen LogP contribution is -2.48. The normalized spacial score (nSPS) is 28.1. The fourth-order valence-corrected chi connectivity index (χ4v) is 3.71. The van der Waals surface area contributed by atoms with E-state index in [2.05, 4.69) is 5.32 Å². The van der Waals surface area contributed by atoms with E-state index < -0.39 is 29.3 Å². The molecule has 0 radical (unpaired) electrons. The number of benzene rings is 1. The lowest BCUT2D eigenvalue weighted by molar-refractivity contribution is -0.141. The molecule has 0 saturated carbocycles. The summed E-state index contributed by atoms with van der Waals surface area (Å²) < 4.78 is 26.6. The summed E-state index contributed by atoms with van der Waals surface area (Å²) in [7, 11) is 0. The number of likely N-dealkylation sites (tertiary alicyclic amines) is 1. The summed E-state index contributed by atoms with van der Waals surface area (Å²) in [5, 5.41) is 14.1. The van der Waals surface area contributed by atoms with Crippen molar-refractivity contribution in [2.24, 2.45) is 5.92 Å². The number of halogens is 2. The Morgan fingerprint density at radius 2 is 2.07 bits per heavy atom. The van der Waals surface area contributed by atoms with E-state index in [1.54, 1.807) is 11.0 Å². The zero-order valence-electron chi connectivity index (χ0n) is 14.8. The number of nitrogens with one attached hydrogen (secondary N) is 2. The molecule has 3 rings (SSSR count). The standard InChI is InChI=1S/C18H21F2N3O4/c1-10-9-23(7-5-12(10)11-2-3-13(19)14(20)8-11)15(24)4-6-18(27)16(25)21-17(26)22-18/h2-3,8,10,12,27H,4-7,9H2,1H3,(H2,21,22,25,26)/t10-,12+,18-/m0/s1. The van der Waals surface area contributed by atoms with E-state index in [-0.39, 0.29) is 30.6 Å². The first-order valence-electron chi connectivity index (χ1n) is 8.78. The predicted molar refractivity (Wildman–Crippen MR) is 90.3 cm³/mol. The van der Waals surface area contributed by atoms with E-state index in [9.17, 15) is 28.3 Å². The van der Waals surface area contributed by atoms with Crippen molar-refractivity contribution in [3.8, 4) is 0 Å². The highest BCUT2D eigenvalue weighted by molar-refractivity contribution is 6.06. The maximum atomic E-state index is 13.5. The van der Waals surface area contributed by atoms with Crippen molar-refractivity contribution in [2.45, 2.75) is 37.8 Å². The first-order chi connectivity index (χ1) is 12.7. The molecular formula is C18H21F2N3O4. The van der Waals surface area contributed by atoms with Crippen molar-refractivity contribution in [3.63, 3.8) is 0 Å². The summed E-state index contributed by atoms with van der Waals surface area (Å²) in [5.41, 5.74) is -1.37. The summed E-state index contributed by atoms with van der Waals surface area (Å²) in [6.45, 7) is 2.80. The van der Waals surface area contributed by atoms with Crippen LogP contribution >= 0.6 is 0 Å². The predicted octanol–water partition coefficient (Wildman–Crippen LogP) is 1.23. The van der Waals surface area contributed by atoms with Crippen LogP contribution in [0.15, 0.2) is 18.2 Å². The van der Waals surface area contributed by atoms with Gasteiger partial charge in [-0.25, -0.2) is 13.6 Å². The van der Waals surface area contributed by atoms with Crippen molar-refractivity contribution in [2.75, 3.05) is 13.1 Å². The average molecular weight is 381 g/mol. The monoisotopic (exact) mass is 381 g/mol. The molecule has 27 heavy (non-hydrogen) atoms. The molecule has 0 aromatic heterocycles. The smallest absolute Gasteiger partial charge is 0.324 e. The molecular weight excluding hydrogens is 360 g/mol. The highest BCUT2D eigenvalue weighted by Gasteiger charge is 2.44. The Hall–Kier alpha value is -2.55. The van der Waals surface area contributed by atoms with Crippen molar-refractivity contribution < 1.29 is 28.3 Å². The number of carbonyl (C=O) groups excluding carboxylic acids is 3. The minimum Gasteiger partial charge on any atom is -0.363 e. The number of aliphatic hydroxyl groups is 1. The van der Waals surface area contributed by atoms with Crippen LogP contribution in [0.4, 0.5) is 13.6 Å². The van der Waals surface area contributed by atoms with Gasteiger partial charge in [0.2, 0.25) is 11.6 Å². The molecule has 7 nitrogen and oxygen atoms in total. The van der Waals surface area contributed by atoms with Gasteiger partial charge in [0, 0.05) is 25.9 Å². The van der Waals surface area contributed by atoms with Crippen molar-refractivity contribution in [3.05, 3.63) is 35.4 Å². The molecule has 0 spiro atoms. The Kier molecular flexibility index (Phi) is 5.14. The Balaban J connectivity index is 1.57. The second-order valence-corrected chi connectivity index (χ2v) is 7.15. The van der Waals surface area contributed by atoms with Gasteiger partial charge in [0.1, 0.15) is 0 Å². The zero-order valence-corrected chi connectivity index (χ0v) is 14.8. The summed E-state index contributed by atoms with van der Waals surface area (Å²) in [4.78, 5) is 36.8. The topological polar surface area (TPSA) is 98.7 Å². The molecule has 2 saturated heterocycles. The van der Waals surface area contributed by atoms with Gasteiger partial charge < -0.3 is 15.3 Å². The van der Waals surface area contributed by atoms with Crippen molar-refractivity contribution >= 4 is 17.8 Å². The number of imide groups is 1. The maximum Gasteiger partial charge on any atom is 0.324 e. The minimum atomic E-state index is -2.07. The summed E-state index contributed by atoms with van der Waals surface area (Å²) >= 11 is 0. The van der Waals surface area contributed by atoms with Gasteiger partial charge in [0.25, 0.3) is 5.91 Å². The molecule has 146 valence electrons. The third-order valence-corrected chi connectivity index (χ3v) is 5.25. The SMILES string of the molecule is C[C@H]1CN(C(=O)CC[C@@]2(O)NC(=O)NC2=O)CC[C@H]1c1ccc(F)c(F)c1. The third-order valence-electron chi connectivity index (χ3n) is 5.25. The molecule has 2 aliphatic heterocycles. The molecule has 3 N–H and O–H groups in total. The highest BCUT2D eigenvalue weighted by atomic mass is 19.2. The lowest BCUT2D eigenvalue weighted by Gasteiger charge is -2.37. The number of carbonyl (C=O) groups is 3. The van der Waals surface area contributed by atoms with Crippen molar-refractivity contribution in [1.29, 1.82) is 0 Å². The van der Waals surface area contributed by atoms with Crippen LogP contribution < -0.4 is 10.6 Å². The highest BCUT2D eigenvalue weighted by Crippen LogP contribution is 2.33. The van der Waals surface area contributed by atoms with E-state index in [4.69, 9.17) is 0 Å². The second kappa shape index (κ2) is 7.22. The van der Waals surface area contributed by atoms with Gasteiger partial charge in [-0.2, -0.15) is 0 Å². The van der Waals surface area contributed by atoms with E-state index in [0.717, 1.165) is 6.07 Å². The molecule has 9 heteroatoms. The van der Waals surface area contributed by atoms with Gasteiger partial charge in [-0.15, -0.1) is 0 Å². The van der Waals surface area contributed by atoms with Crippen LogP contribution in [0.2, 0.25) is 0 Å². The number of nitrogens with zero attached hydrogens (tertiary/aromatic N) is 1. The molecule has 0 unspecified atom stereocenters. The first-order valence-corrected chi connectivity index (χ1v) is 8.78. The van der Waals surface area contributed by atoms with E-state index in [0.29, 0.717) is 25.1 Å². The lowest BCUT2D eigenvalue weighted by atomic mass is 9.81. The second-order valence-electron chi connectivity index (χ2n) is 7.15. The van der Waals surface area contributed by atoms with Crippen LogP contribution in [0.3, 0.4) is 0 Å². The van der Waals surface area contributed by atoms with E-state index in [1.807, 2.05) is 12.2 Å². The van der Waals surface area contributed by atoms with Crippen LogP contribution in [0.25, 0.3) is 0 Å². The molecule has 2 fully saturated rings. The van der Waals surface area contributed by atoms with Gasteiger partial charge in [0.05, 0.1) is 0 Å². The van der Waals surface area contributed by atoms with Crippen molar-refractivity contribution in [1.82, 2.24) is 15.5 Å². The summed E-state index contributed by atoms with van der Waals surface area (Å²) in [6.07, 6.45) is 0.271. The van der Waals surface area contributed by atoms with Crippen LogP contribution in [0, 0.1) is 17.6 Å². The fourth-order valence-electron chi connectivity index (χ4n) is 3.71. The Morgan fingerprint density at radius 1 is 1.33 bits per heavy atom. The maximum absolute atomic E-state index is 13.5. The van der Waals surface area contributed by atoms with E-state index in [1.165, 1.54) is 6.07 Å². The molecule has 4 amide bonds. The Labute approximate surface area is 154 Å². The van der Waals surface area contributed by atoms with Gasteiger partial charge in [0.15, 0.2) is 11.6 Å². The van der Waals surface area contributed by atoms with Crippen LogP contribution in [0.1, 0.15) is 37.7 Å². The van der Waals surface area contributed by atoms with Crippen LogP contribution in [0.5, 0.6) is 0 Å². The first kappa shape index (κ1) is 19.2. The number of amides is 4. The zero-order chi connectivity index (χ0) is 19.8. The van der Waals surface area contributed by atoms with Gasteiger partial charge in [-0.3, -0.25) is 14.9 Å². The number of piperidine rings is 1. The molecule has 1 aromatic carbocycles. The Bertz CT molecular complexity index is 788. The van der Waals surface area contributed by atoms with Crippen LogP contribution in [-0.4, -0.2) is 46.7 Å². The van der Waals surface area contributed by atoms with Gasteiger partial charge in [-0.1, -0.05) is 13.0 Å². The fraction of sp³-hybridized carbons (Fsp3) is 0.500. The quantitative estimate of drug-likeness (QED) is 0.683. The molecule has 3 atom stereocenters. The average Bonchev–Trinajstić information content (AvgIpc) is 2.87. The summed E-state index contributed by atoms with van der Waals surface area (Å²) in [5.74, 6) is -2.85. The number of urea groups is 1. The molecule has 0 aliphatic carbocycles. The van der Waals surface area contributed by atoms with Gasteiger partial charge in [-0.05, 0) is 36.0 Å². The number of rotatable bonds is 4. The largest absolute Gasteiger partial charge is 0.363 e. The third kappa shape index (κ3) is 3.92.